The van der Waals surface area contributed by atoms with E-state index in [-0.39, 0.29) is 12.0 Å². The summed E-state index contributed by atoms with van der Waals surface area (Å²) in [6.45, 7) is 4.19. The van der Waals surface area contributed by atoms with E-state index < -0.39 is 0 Å². The number of hydrogen-bond acceptors (Lipinski definition) is 3. The van der Waals surface area contributed by atoms with Crippen molar-refractivity contribution in [2.45, 2.75) is 31.7 Å². The second-order valence-corrected chi connectivity index (χ2v) is 4.85. The maximum Gasteiger partial charge on any atom is 0.122 e. The molecular formula is C15H20N2O. The maximum atomic E-state index is 9.45. The molecule has 0 radical (unpaired) electrons. The molecule has 0 amide bonds. The first-order valence-corrected chi connectivity index (χ1v) is 6.54. The number of hydrogen-bond donors (Lipinski definition) is 0. The standard InChI is InChI=1S/C15H20N2O/c1-12(13-7-3-4-8-15(13)18-2)14(11-16)17-9-5-6-10-17/h3-4,7-8,12,14H,5-6,9-10H2,1-2H3. The van der Waals surface area contributed by atoms with Gasteiger partial charge in [-0.25, -0.2) is 0 Å². The van der Waals surface area contributed by atoms with Crippen molar-refractivity contribution in [1.29, 1.82) is 5.26 Å². The zero-order chi connectivity index (χ0) is 13.0. The maximum absolute atomic E-state index is 9.45. The number of methoxy groups -OCH3 is 1. The molecule has 1 aliphatic heterocycles. The van der Waals surface area contributed by atoms with E-state index in [9.17, 15) is 5.26 Å². The molecule has 0 saturated carbocycles. The minimum Gasteiger partial charge on any atom is -0.496 e. The molecule has 1 heterocycles. The average molecular weight is 244 g/mol. The smallest absolute Gasteiger partial charge is 0.122 e. The summed E-state index contributed by atoms with van der Waals surface area (Å²) in [6.07, 6.45) is 2.41. The van der Waals surface area contributed by atoms with Gasteiger partial charge in [-0.3, -0.25) is 4.90 Å². The molecule has 1 aliphatic rings. The van der Waals surface area contributed by atoms with E-state index in [1.165, 1.54) is 12.8 Å². The van der Waals surface area contributed by atoms with Crippen molar-refractivity contribution in [2.75, 3.05) is 20.2 Å². The van der Waals surface area contributed by atoms with Crippen molar-refractivity contribution in [2.24, 2.45) is 0 Å². The van der Waals surface area contributed by atoms with Crippen molar-refractivity contribution in [3.8, 4) is 11.8 Å². The molecule has 0 spiro atoms. The number of nitrogens with zero attached hydrogens (tertiary/aromatic N) is 2. The molecule has 1 fully saturated rings. The van der Waals surface area contributed by atoms with Crippen LogP contribution in [0.25, 0.3) is 0 Å². The van der Waals surface area contributed by atoms with E-state index in [2.05, 4.69) is 24.0 Å². The highest BCUT2D eigenvalue weighted by Gasteiger charge is 2.28. The van der Waals surface area contributed by atoms with E-state index in [1.54, 1.807) is 7.11 Å². The van der Waals surface area contributed by atoms with Gasteiger partial charge in [0.15, 0.2) is 0 Å². The Morgan fingerprint density at radius 1 is 1.28 bits per heavy atom. The quantitative estimate of drug-likeness (QED) is 0.817. The summed E-state index contributed by atoms with van der Waals surface area (Å²) < 4.78 is 5.40. The number of rotatable bonds is 4. The minimum absolute atomic E-state index is 0.0520. The highest BCUT2D eigenvalue weighted by atomic mass is 16.5. The van der Waals surface area contributed by atoms with Gasteiger partial charge in [0.05, 0.1) is 13.2 Å². The third kappa shape index (κ3) is 2.49. The molecule has 2 atom stereocenters. The van der Waals surface area contributed by atoms with Crippen LogP contribution in [-0.2, 0) is 0 Å². The average Bonchev–Trinajstić information content (AvgIpc) is 2.93. The number of benzene rings is 1. The lowest BCUT2D eigenvalue weighted by Crippen LogP contribution is -2.35. The monoisotopic (exact) mass is 244 g/mol. The summed E-state index contributed by atoms with van der Waals surface area (Å²) in [5.41, 5.74) is 1.12. The van der Waals surface area contributed by atoms with Crippen molar-refractivity contribution in [3.63, 3.8) is 0 Å². The van der Waals surface area contributed by atoms with Crippen molar-refractivity contribution in [1.82, 2.24) is 4.90 Å². The third-order valence-electron chi connectivity index (χ3n) is 3.77. The predicted molar refractivity (Wildman–Crippen MR) is 71.6 cm³/mol. The summed E-state index contributed by atoms with van der Waals surface area (Å²) in [4.78, 5) is 2.29. The number of para-hydroxylation sites is 1. The Balaban J connectivity index is 2.23. The number of ether oxygens (including phenoxy) is 1. The van der Waals surface area contributed by atoms with E-state index in [0.717, 1.165) is 24.4 Å². The topological polar surface area (TPSA) is 36.3 Å². The Morgan fingerprint density at radius 2 is 1.94 bits per heavy atom. The molecule has 3 heteroatoms. The van der Waals surface area contributed by atoms with Gasteiger partial charge in [0.1, 0.15) is 11.8 Å². The normalized spacial score (nSPS) is 19.2. The lowest BCUT2D eigenvalue weighted by molar-refractivity contribution is 0.260. The van der Waals surface area contributed by atoms with E-state index in [0.29, 0.717) is 0 Å². The van der Waals surface area contributed by atoms with Crippen LogP contribution >= 0.6 is 0 Å². The SMILES string of the molecule is COc1ccccc1C(C)C(C#N)N1CCCC1. The molecule has 96 valence electrons. The highest BCUT2D eigenvalue weighted by Crippen LogP contribution is 2.31. The zero-order valence-corrected chi connectivity index (χ0v) is 11.1. The molecule has 0 aliphatic carbocycles. The lowest BCUT2D eigenvalue weighted by atomic mass is 9.92. The highest BCUT2D eigenvalue weighted by molar-refractivity contribution is 5.37. The molecule has 0 bridgehead atoms. The van der Waals surface area contributed by atoms with Gasteiger partial charge in [0.2, 0.25) is 0 Å². The fraction of sp³-hybridized carbons (Fsp3) is 0.533. The van der Waals surface area contributed by atoms with Crippen LogP contribution in [0.3, 0.4) is 0 Å². The summed E-state index contributed by atoms with van der Waals surface area (Å²) in [5.74, 6) is 1.05. The van der Waals surface area contributed by atoms with Crippen LogP contribution in [0, 0.1) is 11.3 Å². The predicted octanol–water partition coefficient (Wildman–Crippen LogP) is 2.79. The van der Waals surface area contributed by atoms with Gasteiger partial charge in [-0.05, 0) is 37.6 Å². The lowest BCUT2D eigenvalue weighted by Gasteiger charge is -2.28. The van der Waals surface area contributed by atoms with Crippen LogP contribution in [0.2, 0.25) is 0 Å². The molecule has 2 unspecified atom stereocenters. The second kappa shape index (κ2) is 5.88. The summed E-state index contributed by atoms with van der Waals surface area (Å²) in [7, 11) is 1.68. The van der Waals surface area contributed by atoms with Crippen LogP contribution in [0.4, 0.5) is 0 Å². The number of nitriles is 1. The van der Waals surface area contributed by atoms with E-state index >= 15 is 0 Å². The third-order valence-corrected chi connectivity index (χ3v) is 3.77. The molecule has 18 heavy (non-hydrogen) atoms. The molecule has 2 rings (SSSR count). The van der Waals surface area contributed by atoms with Crippen LogP contribution in [-0.4, -0.2) is 31.1 Å². The Kier molecular flexibility index (Phi) is 4.22. The van der Waals surface area contributed by atoms with Gasteiger partial charge in [-0.2, -0.15) is 5.26 Å². The first-order valence-electron chi connectivity index (χ1n) is 6.54. The van der Waals surface area contributed by atoms with E-state index in [4.69, 9.17) is 4.74 Å². The van der Waals surface area contributed by atoms with Gasteiger partial charge in [0.25, 0.3) is 0 Å². The van der Waals surface area contributed by atoms with Crippen LogP contribution < -0.4 is 4.74 Å². The molecule has 1 aromatic rings. The van der Waals surface area contributed by atoms with Crippen LogP contribution in [0.5, 0.6) is 5.75 Å². The fourth-order valence-corrected chi connectivity index (χ4v) is 2.74. The van der Waals surface area contributed by atoms with Crippen molar-refractivity contribution in [3.05, 3.63) is 29.8 Å². The first-order chi connectivity index (χ1) is 8.77. The van der Waals surface area contributed by atoms with E-state index in [1.807, 2.05) is 18.2 Å². The second-order valence-electron chi connectivity index (χ2n) is 4.85. The fourth-order valence-electron chi connectivity index (χ4n) is 2.74. The molecule has 1 aromatic carbocycles. The van der Waals surface area contributed by atoms with Crippen molar-refractivity contribution < 1.29 is 4.74 Å². The Morgan fingerprint density at radius 3 is 2.56 bits per heavy atom. The summed E-state index contributed by atoms with van der Waals surface area (Å²) >= 11 is 0. The summed E-state index contributed by atoms with van der Waals surface area (Å²) in [5, 5.41) is 9.45. The Hall–Kier alpha value is -1.53. The molecule has 0 aromatic heterocycles. The molecular weight excluding hydrogens is 224 g/mol. The number of likely N-dealkylation sites (tertiary alicyclic amines) is 1. The minimum atomic E-state index is -0.0520. The van der Waals surface area contributed by atoms with Crippen LogP contribution in [0.15, 0.2) is 24.3 Å². The van der Waals surface area contributed by atoms with Gasteiger partial charge >= 0.3 is 0 Å². The van der Waals surface area contributed by atoms with Crippen molar-refractivity contribution >= 4 is 0 Å². The Bertz CT molecular complexity index is 432. The summed E-state index contributed by atoms with van der Waals surface area (Å²) in [6, 6.07) is 10.4. The molecule has 1 saturated heterocycles. The largest absolute Gasteiger partial charge is 0.496 e. The van der Waals surface area contributed by atoms with Gasteiger partial charge in [-0.1, -0.05) is 25.1 Å². The van der Waals surface area contributed by atoms with Crippen LogP contribution in [0.1, 0.15) is 31.2 Å². The zero-order valence-electron chi connectivity index (χ0n) is 11.1. The molecule has 0 N–H and O–H groups in total. The Labute approximate surface area is 109 Å². The van der Waals surface area contributed by atoms with Gasteiger partial charge < -0.3 is 4.74 Å². The molecule has 3 nitrogen and oxygen atoms in total. The van der Waals surface area contributed by atoms with Gasteiger partial charge in [0, 0.05) is 5.92 Å². The van der Waals surface area contributed by atoms with Gasteiger partial charge in [-0.15, -0.1) is 0 Å². The first kappa shape index (κ1) is 12.9.